The van der Waals surface area contributed by atoms with Crippen LogP contribution in [0.25, 0.3) is 0 Å². The summed E-state index contributed by atoms with van der Waals surface area (Å²) in [5.74, 6) is 0.583. The van der Waals surface area contributed by atoms with Gasteiger partial charge in [-0.2, -0.15) is 4.98 Å². The highest BCUT2D eigenvalue weighted by Crippen LogP contribution is 2.19. The Bertz CT molecular complexity index is 493. The standard InChI is InChI=1S/C12H11BrN2OS/c1-17-12-14-10(13)7-11(15-12)16-8-9-5-3-2-4-6-9/h2-7H,8H2,1H3. The molecule has 0 aliphatic heterocycles. The van der Waals surface area contributed by atoms with Crippen molar-refractivity contribution in [3.8, 4) is 5.88 Å². The van der Waals surface area contributed by atoms with Crippen LogP contribution in [0.2, 0.25) is 0 Å². The summed E-state index contributed by atoms with van der Waals surface area (Å²) in [4.78, 5) is 8.46. The second kappa shape index (κ2) is 6.02. The van der Waals surface area contributed by atoms with Gasteiger partial charge in [-0.3, -0.25) is 0 Å². The van der Waals surface area contributed by atoms with Crippen molar-refractivity contribution in [2.45, 2.75) is 11.8 Å². The molecule has 2 rings (SSSR count). The highest BCUT2D eigenvalue weighted by atomic mass is 79.9. The van der Waals surface area contributed by atoms with Crippen molar-refractivity contribution in [1.82, 2.24) is 9.97 Å². The number of benzene rings is 1. The largest absolute Gasteiger partial charge is 0.473 e. The van der Waals surface area contributed by atoms with Crippen molar-refractivity contribution in [3.63, 3.8) is 0 Å². The molecule has 0 unspecified atom stereocenters. The number of hydrogen-bond acceptors (Lipinski definition) is 4. The quantitative estimate of drug-likeness (QED) is 0.491. The van der Waals surface area contributed by atoms with Gasteiger partial charge >= 0.3 is 0 Å². The average molecular weight is 311 g/mol. The Morgan fingerprint density at radius 3 is 2.71 bits per heavy atom. The van der Waals surface area contributed by atoms with Crippen molar-refractivity contribution in [2.24, 2.45) is 0 Å². The fourth-order valence-electron chi connectivity index (χ4n) is 1.27. The third kappa shape index (κ3) is 3.71. The van der Waals surface area contributed by atoms with Crippen molar-refractivity contribution in [1.29, 1.82) is 0 Å². The lowest BCUT2D eigenvalue weighted by Crippen LogP contribution is -1.98. The van der Waals surface area contributed by atoms with Crippen LogP contribution >= 0.6 is 27.7 Å². The Morgan fingerprint density at radius 1 is 1.24 bits per heavy atom. The van der Waals surface area contributed by atoms with Crippen LogP contribution in [0.15, 0.2) is 46.2 Å². The molecular weight excluding hydrogens is 300 g/mol. The molecule has 0 aliphatic carbocycles. The number of thioether (sulfide) groups is 1. The van der Waals surface area contributed by atoms with E-state index in [2.05, 4.69) is 25.9 Å². The molecule has 5 heteroatoms. The van der Waals surface area contributed by atoms with Crippen LogP contribution in [0.3, 0.4) is 0 Å². The Balaban J connectivity index is 2.06. The number of hydrogen-bond donors (Lipinski definition) is 0. The van der Waals surface area contributed by atoms with Gasteiger partial charge in [0.25, 0.3) is 0 Å². The summed E-state index contributed by atoms with van der Waals surface area (Å²) in [6, 6.07) is 11.8. The molecule has 0 fully saturated rings. The van der Waals surface area contributed by atoms with E-state index < -0.39 is 0 Å². The van der Waals surface area contributed by atoms with Gasteiger partial charge in [-0.05, 0) is 27.7 Å². The van der Waals surface area contributed by atoms with Gasteiger partial charge in [0.1, 0.15) is 11.2 Å². The van der Waals surface area contributed by atoms with Crippen LogP contribution in [0, 0.1) is 0 Å². The predicted octanol–water partition coefficient (Wildman–Crippen LogP) is 3.54. The Kier molecular flexibility index (Phi) is 4.39. The van der Waals surface area contributed by atoms with Gasteiger partial charge in [0.2, 0.25) is 5.88 Å². The lowest BCUT2D eigenvalue weighted by atomic mass is 10.2. The van der Waals surface area contributed by atoms with Gasteiger partial charge in [-0.15, -0.1) is 0 Å². The third-order valence-corrected chi connectivity index (χ3v) is 3.02. The molecule has 0 spiro atoms. The smallest absolute Gasteiger partial charge is 0.218 e. The highest BCUT2D eigenvalue weighted by molar-refractivity contribution is 9.10. The van der Waals surface area contributed by atoms with Crippen LogP contribution in [-0.4, -0.2) is 16.2 Å². The summed E-state index contributed by atoms with van der Waals surface area (Å²) in [6.45, 7) is 0.512. The maximum Gasteiger partial charge on any atom is 0.218 e. The lowest BCUT2D eigenvalue weighted by Gasteiger charge is -2.06. The average Bonchev–Trinajstić information content (AvgIpc) is 2.37. The van der Waals surface area contributed by atoms with Crippen molar-refractivity contribution < 1.29 is 4.74 Å². The van der Waals surface area contributed by atoms with Gasteiger partial charge in [0.15, 0.2) is 5.16 Å². The topological polar surface area (TPSA) is 35.0 Å². The second-order valence-electron chi connectivity index (χ2n) is 3.29. The molecule has 2 aromatic rings. The lowest BCUT2D eigenvalue weighted by molar-refractivity contribution is 0.290. The molecule has 0 saturated carbocycles. The molecule has 0 radical (unpaired) electrons. The molecule has 1 aromatic heterocycles. The van der Waals surface area contributed by atoms with Gasteiger partial charge in [-0.1, -0.05) is 42.1 Å². The molecule has 0 aliphatic rings. The normalized spacial score (nSPS) is 10.2. The van der Waals surface area contributed by atoms with Gasteiger partial charge in [0.05, 0.1) is 0 Å². The maximum absolute atomic E-state index is 5.62. The van der Waals surface area contributed by atoms with E-state index in [1.54, 1.807) is 6.07 Å². The minimum atomic E-state index is 0.512. The molecule has 1 aromatic carbocycles. The zero-order valence-electron chi connectivity index (χ0n) is 9.26. The first kappa shape index (κ1) is 12.4. The Hall–Kier alpha value is -1.07. The maximum atomic E-state index is 5.62. The van der Waals surface area contributed by atoms with Crippen LogP contribution in [-0.2, 0) is 6.61 Å². The summed E-state index contributed by atoms with van der Waals surface area (Å²) in [5, 5.41) is 0.697. The molecule has 88 valence electrons. The number of rotatable bonds is 4. The van der Waals surface area contributed by atoms with E-state index >= 15 is 0 Å². The van der Waals surface area contributed by atoms with Crippen molar-refractivity contribution in [2.75, 3.05) is 6.26 Å². The highest BCUT2D eigenvalue weighted by Gasteiger charge is 2.03. The summed E-state index contributed by atoms with van der Waals surface area (Å²) in [6.07, 6.45) is 1.93. The molecular formula is C12H11BrN2OS. The molecule has 0 bridgehead atoms. The third-order valence-electron chi connectivity index (χ3n) is 2.06. The van der Waals surface area contributed by atoms with Gasteiger partial charge in [0, 0.05) is 6.07 Å². The minimum absolute atomic E-state index is 0.512. The number of nitrogens with zero attached hydrogens (tertiary/aromatic N) is 2. The summed E-state index contributed by atoms with van der Waals surface area (Å²) in [7, 11) is 0. The fourth-order valence-corrected chi connectivity index (χ4v) is 2.13. The number of halogens is 1. The van der Waals surface area contributed by atoms with Crippen LogP contribution in [0.4, 0.5) is 0 Å². The first-order valence-corrected chi connectivity index (χ1v) is 7.05. The summed E-state index contributed by atoms with van der Waals surface area (Å²) >= 11 is 4.82. The summed E-state index contributed by atoms with van der Waals surface area (Å²) < 4.78 is 6.36. The van der Waals surface area contributed by atoms with Crippen LogP contribution in [0.5, 0.6) is 5.88 Å². The van der Waals surface area contributed by atoms with Gasteiger partial charge < -0.3 is 4.74 Å². The van der Waals surface area contributed by atoms with E-state index in [1.165, 1.54) is 11.8 Å². The van der Waals surface area contributed by atoms with E-state index in [0.29, 0.717) is 17.6 Å². The monoisotopic (exact) mass is 310 g/mol. The SMILES string of the molecule is CSc1nc(Br)cc(OCc2ccccc2)n1. The molecule has 0 N–H and O–H groups in total. The Labute approximate surface area is 113 Å². The molecule has 0 amide bonds. The van der Waals surface area contributed by atoms with Crippen molar-refractivity contribution >= 4 is 27.7 Å². The van der Waals surface area contributed by atoms with Crippen molar-refractivity contribution in [3.05, 3.63) is 46.6 Å². The zero-order valence-corrected chi connectivity index (χ0v) is 11.7. The molecule has 0 atom stereocenters. The fraction of sp³-hybridized carbons (Fsp3) is 0.167. The van der Waals surface area contributed by atoms with Gasteiger partial charge in [-0.25, -0.2) is 4.98 Å². The number of aromatic nitrogens is 2. The van der Waals surface area contributed by atoms with E-state index in [9.17, 15) is 0 Å². The minimum Gasteiger partial charge on any atom is -0.473 e. The van der Waals surface area contributed by atoms with E-state index in [-0.39, 0.29) is 0 Å². The Morgan fingerprint density at radius 2 is 2.00 bits per heavy atom. The molecule has 1 heterocycles. The van der Waals surface area contributed by atoms with E-state index in [4.69, 9.17) is 4.74 Å². The molecule has 0 saturated heterocycles. The van der Waals surface area contributed by atoms with Crippen LogP contribution < -0.4 is 4.74 Å². The number of ether oxygens (including phenoxy) is 1. The van der Waals surface area contributed by atoms with E-state index in [0.717, 1.165) is 10.2 Å². The first-order chi connectivity index (χ1) is 8.28. The predicted molar refractivity (Wildman–Crippen MR) is 72.3 cm³/mol. The van der Waals surface area contributed by atoms with Crippen LogP contribution in [0.1, 0.15) is 5.56 Å². The summed E-state index contributed by atoms with van der Waals surface area (Å²) in [5.41, 5.74) is 1.12. The zero-order chi connectivity index (χ0) is 12.1. The first-order valence-electron chi connectivity index (χ1n) is 5.03. The molecule has 3 nitrogen and oxygen atoms in total. The van der Waals surface area contributed by atoms with E-state index in [1.807, 2.05) is 36.6 Å². The molecule has 17 heavy (non-hydrogen) atoms. The second-order valence-corrected chi connectivity index (χ2v) is 4.88.